The third-order valence-electron chi connectivity index (χ3n) is 15.4. The summed E-state index contributed by atoms with van der Waals surface area (Å²) in [4.78, 5) is 102. The number of hydrogen-bond acceptors (Lipinski definition) is 20. The predicted octanol–water partition coefficient (Wildman–Crippen LogP) is 5.01. The lowest BCUT2D eigenvalue weighted by atomic mass is 9.89. The van der Waals surface area contributed by atoms with Crippen LogP contribution in [0.3, 0.4) is 0 Å². The van der Waals surface area contributed by atoms with Gasteiger partial charge in [-0.15, -0.1) is 0 Å². The Morgan fingerprint density at radius 3 is 1.52 bits per heavy atom. The average Bonchev–Trinajstić information content (AvgIpc) is 2.11. The molecule has 498 valence electrons. The van der Waals surface area contributed by atoms with Gasteiger partial charge < -0.3 is 87.0 Å². The maximum atomic E-state index is 14.2. The van der Waals surface area contributed by atoms with Crippen LogP contribution in [0.5, 0.6) is 0 Å². The van der Waals surface area contributed by atoms with Gasteiger partial charge in [-0.25, -0.2) is 4.79 Å². The number of rotatable bonds is 50. The monoisotopic (exact) mass is 1240 g/mol. The molecule has 1 aliphatic heterocycles. The number of nitrogens with two attached hydrogens (primary N) is 4. The average molecular weight is 1240 g/mol. The number of carboxylic acid groups (broad SMARTS) is 1. The summed E-state index contributed by atoms with van der Waals surface area (Å²) in [6.07, 6.45) is 16.6. The Kier molecular flexibility index (Phi) is 45.2. The van der Waals surface area contributed by atoms with Crippen LogP contribution < -0.4 is 28.3 Å². The molecular weight excluding hydrogens is 1130 g/mol. The van der Waals surface area contributed by atoms with E-state index in [0.29, 0.717) is 17.7 Å². The summed E-state index contributed by atoms with van der Waals surface area (Å²) in [6, 6.07) is -3.02. The van der Waals surface area contributed by atoms with Crippen molar-refractivity contribution in [2.24, 2.45) is 22.9 Å². The molecule has 3 unspecified atom stereocenters. The summed E-state index contributed by atoms with van der Waals surface area (Å²) in [5.41, 5.74) is 18.5. The van der Waals surface area contributed by atoms with Crippen molar-refractivity contribution in [3.05, 3.63) is 0 Å². The smallest absolute Gasteiger partial charge is 0.337 e. The number of nitrogens with zero attached hydrogens (tertiary/aromatic N) is 1. The fraction of sp³-hybridized carbons (Fsp3) is 0.881. The second kappa shape index (κ2) is 47.3. The molecule has 85 heavy (non-hydrogen) atoms. The molecule has 0 spiro atoms. The first kappa shape index (κ1) is 81.3. The summed E-state index contributed by atoms with van der Waals surface area (Å²) in [5, 5.41) is 54.0. The van der Waals surface area contributed by atoms with E-state index in [0.717, 1.165) is 78.6 Å². The molecule has 0 bridgehead atoms. The Labute approximate surface area is 506 Å². The molecule has 1 saturated heterocycles. The zero-order chi connectivity index (χ0) is 64.4. The summed E-state index contributed by atoms with van der Waals surface area (Å²) < 4.78 is 36.3. The molecule has 25 nitrogen and oxygen atoms in total. The van der Waals surface area contributed by atoms with Crippen molar-refractivity contribution in [1.82, 2.24) is 10.2 Å². The first-order valence-corrected chi connectivity index (χ1v) is 32.6. The van der Waals surface area contributed by atoms with Crippen molar-refractivity contribution in [3.8, 4) is 0 Å². The molecule has 0 saturated carbocycles. The lowest BCUT2D eigenvalue weighted by molar-refractivity contribution is -0.263. The molecular formula is C59H113N6O19P. The maximum Gasteiger partial charge on any atom is 0.337 e. The molecule has 1 aliphatic rings. The van der Waals surface area contributed by atoms with E-state index < -0.39 is 148 Å². The number of carbonyl (C=O) groups excluding carboxylic acids is 6. The van der Waals surface area contributed by atoms with E-state index in [1.165, 1.54) is 103 Å². The zero-order valence-electron chi connectivity index (χ0n) is 52.2. The van der Waals surface area contributed by atoms with Gasteiger partial charge in [0.1, 0.15) is 29.9 Å². The second-order valence-electron chi connectivity index (χ2n) is 22.9. The van der Waals surface area contributed by atoms with E-state index in [4.69, 9.17) is 46.8 Å². The van der Waals surface area contributed by atoms with Crippen molar-refractivity contribution >= 4 is 49.7 Å². The number of ether oxygens (including phenoxy) is 4. The summed E-state index contributed by atoms with van der Waals surface area (Å²) >= 11 is 0. The Hall–Kier alpha value is -3.72. The van der Waals surface area contributed by atoms with Gasteiger partial charge in [0.15, 0.2) is 29.8 Å². The van der Waals surface area contributed by atoms with Crippen LogP contribution in [0.15, 0.2) is 0 Å². The third-order valence-corrected chi connectivity index (χ3v) is 15.9. The normalized spacial score (nSPS) is 20.0. The molecule has 12 atom stereocenters. The summed E-state index contributed by atoms with van der Waals surface area (Å²) in [5.74, 6) is -7.46. The van der Waals surface area contributed by atoms with E-state index in [1.54, 1.807) is 0 Å². The van der Waals surface area contributed by atoms with Gasteiger partial charge in [-0.1, -0.05) is 168 Å². The number of amides is 3. The number of nitrogens with one attached hydrogen (secondary N) is 1. The molecule has 1 heterocycles. The predicted molar refractivity (Wildman–Crippen MR) is 321 cm³/mol. The third kappa shape index (κ3) is 33.4. The number of Topliss-reactive ketones (excluding diaryl/α,β-unsaturated/α-hetero) is 1. The van der Waals surface area contributed by atoms with Gasteiger partial charge in [-0.2, -0.15) is 0 Å². The second-order valence-corrected chi connectivity index (χ2v) is 23.7. The molecule has 0 aromatic heterocycles. The number of unbranched alkanes of at least 4 members (excludes halogenated alkanes) is 24. The minimum Gasteiger partial charge on any atom is -0.479 e. The summed E-state index contributed by atoms with van der Waals surface area (Å²) in [7, 11) is -2.73. The number of hydrogen-bond donors (Lipinski definition) is 11. The Morgan fingerprint density at radius 2 is 1.15 bits per heavy atom. The molecule has 1 fully saturated rings. The van der Waals surface area contributed by atoms with Crippen LogP contribution in [0.1, 0.15) is 234 Å². The molecule has 15 N–H and O–H groups in total. The van der Waals surface area contributed by atoms with Crippen molar-refractivity contribution < 1.29 is 92.0 Å². The number of esters is 2. The van der Waals surface area contributed by atoms with Gasteiger partial charge in [0, 0.05) is 32.4 Å². The molecule has 3 amide bonds. The number of carboxylic acids is 1. The summed E-state index contributed by atoms with van der Waals surface area (Å²) in [6.45, 7) is 7.12. The molecule has 0 radical (unpaired) electrons. The molecule has 0 aliphatic carbocycles. The van der Waals surface area contributed by atoms with Crippen molar-refractivity contribution in [1.29, 1.82) is 0 Å². The fourth-order valence-electron chi connectivity index (χ4n) is 9.89. The maximum absolute atomic E-state index is 14.2. The van der Waals surface area contributed by atoms with E-state index >= 15 is 0 Å². The van der Waals surface area contributed by atoms with Gasteiger partial charge in [0.2, 0.25) is 17.7 Å². The fourth-order valence-corrected chi connectivity index (χ4v) is 10.2. The molecule has 1 rings (SSSR count). The Balaban J connectivity index is 0.00000942. The Morgan fingerprint density at radius 1 is 0.718 bits per heavy atom. The van der Waals surface area contributed by atoms with Crippen LogP contribution in [-0.2, 0) is 61.6 Å². The van der Waals surface area contributed by atoms with Crippen LogP contribution in [0.2, 0.25) is 0 Å². The number of aliphatic hydroxyl groups is 4. The van der Waals surface area contributed by atoms with Gasteiger partial charge in [0.25, 0.3) is 0 Å². The highest BCUT2D eigenvalue weighted by Gasteiger charge is 2.50. The number of aliphatic hydroxyl groups excluding tert-OH is 4. The lowest BCUT2D eigenvalue weighted by Crippen LogP contribution is -2.67. The van der Waals surface area contributed by atoms with Crippen LogP contribution in [0.4, 0.5) is 0 Å². The highest BCUT2D eigenvalue weighted by Crippen LogP contribution is 2.27. The molecule has 0 aromatic rings. The van der Waals surface area contributed by atoms with Crippen molar-refractivity contribution in [3.63, 3.8) is 0 Å². The SMILES string of the molecule is CCCCCCCCCCCCCCCC(=O)OC([C@H](CO)OC(=O)CCCCCCCCCCCCCCC)[C@@](C)(N)C(=O)N[C@H](CCC(=O)N(CC(C)O[C@@H]1[C@@H](N)[C@@H](O)O[C@H](CO)[C@H]1O)[C@](C)(C(C)=O)C(=O)O)C(N)=O.NCCO[PH](=O)O. The van der Waals surface area contributed by atoms with Gasteiger partial charge in [0.05, 0.1) is 32.0 Å². The minimum absolute atomic E-state index is 0.00996. The first-order valence-electron chi connectivity index (χ1n) is 31.3. The van der Waals surface area contributed by atoms with Crippen LogP contribution in [0, 0.1) is 0 Å². The lowest BCUT2D eigenvalue weighted by Gasteiger charge is -2.43. The molecule has 26 heteroatoms. The highest BCUT2D eigenvalue weighted by molar-refractivity contribution is 7.32. The number of aliphatic carboxylic acids is 1. The minimum atomic E-state index is -2.73. The van der Waals surface area contributed by atoms with E-state index in [2.05, 4.69) is 23.7 Å². The Bertz CT molecular complexity index is 1890. The van der Waals surface area contributed by atoms with Crippen molar-refractivity contribution in [2.75, 3.05) is 32.9 Å². The zero-order valence-corrected chi connectivity index (χ0v) is 53.2. The van der Waals surface area contributed by atoms with E-state index in [-0.39, 0.29) is 26.0 Å². The van der Waals surface area contributed by atoms with Crippen LogP contribution in [0.25, 0.3) is 0 Å². The van der Waals surface area contributed by atoms with Crippen LogP contribution in [-0.4, -0.2) is 176 Å². The quantitative estimate of drug-likeness (QED) is 0.0165. The topological polar surface area (TPSA) is 423 Å². The van der Waals surface area contributed by atoms with Gasteiger partial charge in [-0.3, -0.25) is 33.3 Å². The number of carbonyl (C=O) groups is 7. The number of ketones is 1. The number of primary amides is 1. The van der Waals surface area contributed by atoms with Gasteiger partial charge >= 0.3 is 26.2 Å². The van der Waals surface area contributed by atoms with E-state index in [9.17, 15) is 63.7 Å². The largest absolute Gasteiger partial charge is 0.479 e. The standard InChI is InChI=1S/C57H105N5O16.C2H8NO3P/c1-7-9-11-13-15-17-19-21-23-25-27-29-31-33-46(67)76-44(39-64)51(78-47(68)34-32-30-28-26-24-22-20-18-16-14-12-10-8-2)56(5,60)54(72)61-42(52(59)70)35-36-45(66)62(57(6,41(4)65)55(73)74)37-40(3)75-50-48(58)53(71)77-43(38-63)49(50)69;3-1-2-6-7(4)5/h40,42-44,48-51,53,63-64,69,71H,7-39,58,60H2,1-6H3,(H2,59,70)(H,61,72)(H,73,74);7H,1-3H2,(H,4,5)/t40?,42-,43-,44+,48-,49-,50-,51?,53+,56-,57-;/m1./s1. The van der Waals surface area contributed by atoms with E-state index in [1.807, 2.05) is 0 Å². The van der Waals surface area contributed by atoms with Gasteiger partial charge in [-0.05, 0) is 47.0 Å². The van der Waals surface area contributed by atoms with Crippen LogP contribution >= 0.6 is 8.25 Å². The highest BCUT2D eigenvalue weighted by atomic mass is 31.1. The molecule has 0 aromatic carbocycles. The van der Waals surface area contributed by atoms with Crippen molar-refractivity contribution in [2.45, 2.75) is 300 Å². The first-order chi connectivity index (χ1) is 40.3.